The second-order valence-electron chi connectivity index (χ2n) is 4.57. The van der Waals surface area contributed by atoms with Crippen molar-refractivity contribution in [3.8, 4) is 0 Å². The number of hydrogen-bond donors (Lipinski definition) is 1. The summed E-state index contributed by atoms with van der Waals surface area (Å²) in [6.45, 7) is 0. The van der Waals surface area contributed by atoms with Gasteiger partial charge in [0.05, 0.1) is 17.7 Å². The maximum absolute atomic E-state index is 11.7. The fraction of sp³-hybridized carbons (Fsp3) is 0.133. The lowest BCUT2D eigenvalue weighted by atomic mass is 10.3. The molecule has 0 saturated heterocycles. The minimum Gasteiger partial charge on any atom is -0.431 e. The number of aromatic nitrogens is 2. The van der Waals surface area contributed by atoms with Crippen molar-refractivity contribution in [3.05, 3.63) is 48.3 Å². The van der Waals surface area contributed by atoms with Gasteiger partial charge in [-0.25, -0.2) is 10.4 Å². The topological polar surface area (TPSA) is 72.4 Å². The molecular formula is C15H14N4O2S. The van der Waals surface area contributed by atoms with Gasteiger partial charge in [-0.3, -0.25) is 4.79 Å². The number of para-hydroxylation sites is 2. The Balaban J connectivity index is 1.52. The molecule has 0 saturated carbocycles. The van der Waals surface area contributed by atoms with Crippen LogP contribution in [0.4, 0.5) is 0 Å². The van der Waals surface area contributed by atoms with Crippen LogP contribution in [-0.2, 0) is 11.8 Å². The molecule has 0 aliphatic carbocycles. The van der Waals surface area contributed by atoms with Crippen molar-refractivity contribution in [1.82, 2.24) is 15.0 Å². The molecule has 3 aromatic rings. The Morgan fingerprint density at radius 3 is 3.05 bits per heavy atom. The Kier molecular flexibility index (Phi) is 4.24. The zero-order chi connectivity index (χ0) is 15.4. The lowest BCUT2D eigenvalue weighted by molar-refractivity contribution is -0.118. The van der Waals surface area contributed by atoms with Crippen LogP contribution in [0.3, 0.4) is 0 Å². The second kappa shape index (κ2) is 6.48. The third-order valence-corrected chi connectivity index (χ3v) is 3.80. The van der Waals surface area contributed by atoms with E-state index in [0.717, 1.165) is 11.2 Å². The van der Waals surface area contributed by atoms with Crippen LogP contribution in [0.5, 0.6) is 0 Å². The second-order valence-corrected chi connectivity index (χ2v) is 5.50. The Morgan fingerprint density at radius 2 is 2.27 bits per heavy atom. The van der Waals surface area contributed by atoms with E-state index in [9.17, 15) is 4.79 Å². The number of benzene rings is 1. The smallest absolute Gasteiger partial charge is 0.257 e. The summed E-state index contributed by atoms with van der Waals surface area (Å²) in [6.07, 6.45) is 3.51. The van der Waals surface area contributed by atoms with Crippen molar-refractivity contribution in [2.45, 2.75) is 5.22 Å². The highest BCUT2D eigenvalue weighted by molar-refractivity contribution is 7.99. The average molecular weight is 314 g/mol. The number of thioether (sulfide) groups is 1. The summed E-state index contributed by atoms with van der Waals surface area (Å²) in [5, 5.41) is 4.39. The van der Waals surface area contributed by atoms with E-state index in [-0.39, 0.29) is 11.7 Å². The maximum atomic E-state index is 11.7. The summed E-state index contributed by atoms with van der Waals surface area (Å²) in [5.74, 6) is -0.0187. The Labute approximate surface area is 131 Å². The van der Waals surface area contributed by atoms with Gasteiger partial charge in [0.15, 0.2) is 5.58 Å². The van der Waals surface area contributed by atoms with Crippen LogP contribution in [0.15, 0.2) is 57.3 Å². The SMILES string of the molecule is Cn1cccc1C=NNC(=O)CSc1nc2ccccc2o1. The predicted molar refractivity (Wildman–Crippen MR) is 85.9 cm³/mol. The number of nitrogens with zero attached hydrogens (tertiary/aromatic N) is 3. The Bertz CT molecular complexity index is 789. The third-order valence-electron chi connectivity index (χ3n) is 2.97. The first-order valence-corrected chi connectivity index (χ1v) is 7.62. The van der Waals surface area contributed by atoms with Crippen molar-refractivity contribution in [2.75, 3.05) is 5.75 Å². The zero-order valence-corrected chi connectivity index (χ0v) is 12.7. The summed E-state index contributed by atoms with van der Waals surface area (Å²) >= 11 is 1.24. The molecule has 112 valence electrons. The van der Waals surface area contributed by atoms with Gasteiger partial charge in [-0.05, 0) is 24.3 Å². The number of hydrazone groups is 1. The normalized spacial score (nSPS) is 11.3. The standard InChI is InChI=1S/C15H14N4O2S/c1-19-8-4-5-11(19)9-16-18-14(20)10-22-15-17-12-6-2-3-7-13(12)21-15/h2-9H,10H2,1H3,(H,18,20). The highest BCUT2D eigenvalue weighted by Crippen LogP contribution is 2.22. The largest absolute Gasteiger partial charge is 0.431 e. The van der Waals surface area contributed by atoms with E-state index in [1.807, 2.05) is 54.2 Å². The minimum atomic E-state index is -0.210. The summed E-state index contributed by atoms with van der Waals surface area (Å²) in [5.41, 5.74) is 4.89. The van der Waals surface area contributed by atoms with E-state index < -0.39 is 0 Å². The van der Waals surface area contributed by atoms with E-state index in [2.05, 4.69) is 15.5 Å². The molecule has 0 fully saturated rings. The zero-order valence-electron chi connectivity index (χ0n) is 11.9. The average Bonchev–Trinajstić information content (AvgIpc) is 3.11. The van der Waals surface area contributed by atoms with Crippen molar-refractivity contribution in [1.29, 1.82) is 0 Å². The molecule has 0 spiro atoms. The quantitative estimate of drug-likeness (QED) is 0.446. The fourth-order valence-corrected chi connectivity index (χ4v) is 2.48. The van der Waals surface area contributed by atoms with Gasteiger partial charge in [-0.15, -0.1) is 0 Å². The molecule has 0 radical (unpaired) electrons. The van der Waals surface area contributed by atoms with E-state index in [4.69, 9.17) is 4.42 Å². The number of fused-ring (bicyclic) bond motifs is 1. The molecule has 2 aromatic heterocycles. The summed E-state index contributed by atoms with van der Waals surface area (Å²) in [7, 11) is 1.91. The van der Waals surface area contributed by atoms with Crippen LogP contribution in [0.2, 0.25) is 0 Å². The maximum Gasteiger partial charge on any atom is 0.257 e. The van der Waals surface area contributed by atoms with Crippen molar-refractivity contribution >= 4 is 35.0 Å². The van der Waals surface area contributed by atoms with Crippen molar-refractivity contribution in [3.63, 3.8) is 0 Å². The van der Waals surface area contributed by atoms with Crippen LogP contribution in [0, 0.1) is 0 Å². The molecule has 0 atom stereocenters. The molecule has 6 nitrogen and oxygen atoms in total. The lowest BCUT2D eigenvalue weighted by Gasteiger charge is -1.98. The van der Waals surface area contributed by atoms with Gasteiger partial charge in [0.2, 0.25) is 0 Å². The van der Waals surface area contributed by atoms with E-state index in [0.29, 0.717) is 10.8 Å². The van der Waals surface area contributed by atoms with Crippen LogP contribution in [0.25, 0.3) is 11.1 Å². The highest BCUT2D eigenvalue weighted by atomic mass is 32.2. The van der Waals surface area contributed by atoms with Crippen LogP contribution < -0.4 is 5.43 Å². The van der Waals surface area contributed by atoms with Crippen molar-refractivity contribution in [2.24, 2.45) is 12.1 Å². The minimum absolute atomic E-state index is 0.192. The Hall–Kier alpha value is -2.54. The van der Waals surface area contributed by atoms with Gasteiger partial charge in [-0.1, -0.05) is 23.9 Å². The number of carbonyl (C=O) groups excluding carboxylic acids is 1. The monoisotopic (exact) mass is 314 g/mol. The molecule has 3 rings (SSSR count). The molecule has 1 aromatic carbocycles. The van der Waals surface area contributed by atoms with Gasteiger partial charge in [0.1, 0.15) is 5.52 Å². The highest BCUT2D eigenvalue weighted by Gasteiger charge is 2.08. The molecular weight excluding hydrogens is 300 g/mol. The van der Waals surface area contributed by atoms with Gasteiger partial charge < -0.3 is 8.98 Å². The molecule has 2 heterocycles. The molecule has 0 unspecified atom stereocenters. The van der Waals surface area contributed by atoms with E-state index in [1.165, 1.54) is 11.8 Å². The number of oxazole rings is 1. The number of aryl methyl sites for hydroxylation is 1. The van der Waals surface area contributed by atoms with Crippen molar-refractivity contribution < 1.29 is 9.21 Å². The summed E-state index contributed by atoms with van der Waals surface area (Å²) in [4.78, 5) is 16.0. The molecule has 0 aliphatic rings. The van der Waals surface area contributed by atoms with Crippen LogP contribution in [-0.4, -0.2) is 27.4 Å². The van der Waals surface area contributed by atoms with Gasteiger partial charge in [0, 0.05) is 13.2 Å². The molecule has 1 amide bonds. The molecule has 1 N–H and O–H groups in total. The lowest BCUT2D eigenvalue weighted by Crippen LogP contribution is -2.19. The van der Waals surface area contributed by atoms with Gasteiger partial charge in [-0.2, -0.15) is 5.10 Å². The molecule has 7 heteroatoms. The number of nitrogens with one attached hydrogen (secondary N) is 1. The van der Waals surface area contributed by atoms with Crippen LogP contribution in [0.1, 0.15) is 5.69 Å². The third kappa shape index (κ3) is 3.37. The first-order chi connectivity index (χ1) is 10.7. The number of carbonyl (C=O) groups is 1. The fourth-order valence-electron chi connectivity index (χ4n) is 1.85. The van der Waals surface area contributed by atoms with Crippen LogP contribution >= 0.6 is 11.8 Å². The molecule has 0 bridgehead atoms. The summed E-state index contributed by atoms with van der Waals surface area (Å²) < 4.78 is 7.43. The number of rotatable bonds is 5. The number of amides is 1. The Morgan fingerprint density at radius 1 is 1.41 bits per heavy atom. The molecule has 0 aliphatic heterocycles. The first kappa shape index (κ1) is 14.4. The van der Waals surface area contributed by atoms with E-state index >= 15 is 0 Å². The van der Waals surface area contributed by atoms with E-state index in [1.54, 1.807) is 6.21 Å². The number of hydrogen-bond acceptors (Lipinski definition) is 5. The van der Waals surface area contributed by atoms with Gasteiger partial charge >= 0.3 is 0 Å². The predicted octanol–water partition coefficient (Wildman–Crippen LogP) is 2.41. The molecule has 22 heavy (non-hydrogen) atoms. The summed E-state index contributed by atoms with van der Waals surface area (Å²) in [6, 6.07) is 11.3. The first-order valence-electron chi connectivity index (χ1n) is 6.64. The van der Waals surface area contributed by atoms with Gasteiger partial charge in [0.25, 0.3) is 11.1 Å².